The summed E-state index contributed by atoms with van der Waals surface area (Å²) in [5, 5.41) is 65.9. The predicted molar refractivity (Wildman–Crippen MR) is 520 cm³/mol. The number of Topliss-reactive ketones (excluding diaryl/α,β-unsaturated/α-hetero) is 3. The van der Waals surface area contributed by atoms with E-state index in [0.717, 1.165) is 116 Å². The fourth-order valence-electron chi connectivity index (χ4n) is 16.1. The number of hydrogen-bond donors (Lipinski definition) is 5. The van der Waals surface area contributed by atoms with Crippen LogP contribution in [0.1, 0.15) is 186 Å². The van der Waals surface area contributed by atoms with Gasteiger partial charge in [-0.15, -0.1) is 0 Å². The maximum absolute atomic E-state index is 14.9. The highest BCUT2D eigenvalue weighted by Gasteiger charge is 2.44. The summed E-state index contributed by atoms with van der Waals surface area (Å²) in [6, 6.07) is 47.9. The molecule has 1 fully saturated rings. The van der Waals surface area contributed by atoms with Crippen LogP contribution in [0, 0.1) is 65.4 Å². The second kappa shape index (κ2) is 51.8. The number of esters is 2. The van der Waals surface area contributed by atoms with Gasteiger partial charge in [0.05, 0.1) is 76.4 Å². The van der Waals surface area contributed by atoms with Gasteiger partial charge in [0.2, 0.25) is 5.78 Å². The third-order valence-corrected chi connectivity index (χ3v) is 24.1. The van der Waals surface area contributed by atoms with E-state index in [9.17, 15) is 58.5 Å². The summed E-state index contributed by atoms with van der Waals surface area (Å²) in [5.41, 5.74) is 7.40. The third kappa shape index (κ3) is 28.0. The van der Waals surface area contributed by atoms with Crippen molar-refractivity contribution in [3.63, 3.8) is 0 Å². The number of hydrogen-bond acceptors (Lipinski definition) is 22. The first-order valence-electron chi connectivity index (χ1n) is 45.7. The first kappa shape index (κ1) is 103. The number of benzene rings is 7. The van der Waals surface area contributed by atoms with Gasteiger partial charge in [-0.05, 0) is 151 Å². The lowest BCUT2D eigenvalue weighted by molar-refractivity contribution is -0.200. The number of aliphatic hydroxyl groups is 1. The summed E-state index contributed by atoms with van der Waals surface area (Å²) in [4.78, 5) is 78.6. The number of nitriles is 4. The number of carbonyl (C=O) groups excluding carboxylic acids is 5. The Morgan fingerprint density at radius 1 is 0.632 bits per heavy atom. The van der Waals surface area contributed by atoms with E-state index in [-0.39, 0.29) is 101 Å². The smallest absolute Gasteiger partial charge is 0.339 e. The molecule has 5 N–H and O–H groups in total. The average molecular weight is 1820 g/mol. The summed E-state index contributed by atoms with van der Waals surface area (Å²) < 4.78 is 59.5. The molecule has 2 aliphatic carbocycles. The number of nitrogens with one attached hydrogen (secondary N) is 3. The van der Waals surface area contributed by atoms with E-state index in [1.807, 2.05) is 110 Å². The van der Waals surface area contributed by atoms with Gasteiger partial charge in [-0.3, -0.25) is 33.4 Å². The Balaban J connectivity index is 0.000000262. The Labute approximate surface area is 781 Å². The highest BCUT2D eigenvalue weighted by molar-refractivity contribution is 7.85. The number of ether oxygens (including phenoxy) is 5. The molecule has 1 unspecified atom stereocenters. The Morgan fingerprint density at radius 3 is 1.70 bits per heavy atom. The van der Waals surface area contributed by atoms with Crippen molar-refractivity contribution < 1.29 is 65.7 Å². The maximum Gasteiger partial charge on any atom is 0.339 e. The number of rotatable bonds is 40. The van der Waals surface area contributed by atoms with Gasteiger partial charge >= 0.3 is 24.0 Å². The van der Waals surface area contributed by atoms with Gasteiger partial charge in [-0.25, -0.2) is 16.7 Å². The molecule has 26 heteroatoms. The summed E-state index contributed by atoms with van der Waals surface area (Å²) in [7, 11) is -4.02. The molecule has 0 radical (unpaired) electrons. The van der Waals surface area contributed by atoms with Gasteiger partial charge in [0.1, 0.15) is 37.7 Å². The molecule has 0 bridgehead atoms. The Morgan fingerprint density at radius 2 is 1.19 bits per heavy atom. The number of allylic oxidation sites excluding steroid dienone is 14. The van der Waals surface area contributed by atoms with Crippen molar-refractivity contribution in [2.75, 3.05) is 88.3 Å². The molecule has 0 amide bonds. The second-order valence-corrected chi connectivity index (χ2v) is 34.0. The Hall–Kier alpha value is -13.6. The second-order valence-electron chi connectivity index (χ2n) is 32.6. The fraction of sp³-hybridized carbons (Fsp3) is 0.374. The summed E-state index contributed by atoms with van der Waals surface area (Å²) in [5.74, 6) is -1.63. The topological polar surface area (TPSA) is 353 Å². The lowest BCUT2D eigenvalue weighted by Crippen LogP contribution is -2.54. The number of carbonyl (C=O) groups is 5. The molecule has 7 aromatic carbocycles. The lowest BCUT2D eigenvalue weighted by atomic mass is 9.79. The van der Waals surface area contributed by atoms with Crippen molar-refractivity contribution in [2.45, 2.75) is 193 Å². The van der Waals surface area contributed by atoms with Gasteiger partial charge in [-0.2, -0.15) is 24.2 Å². The van der Waals surface area contributed by atoms with Crippen molar-refractivity contribution in [3.8, 4) is 24.3 Å². The number of ketones is 3. The first-order chi connectivity index (χ1) is 64.4. The standard InChI is InChI=1S/C55H67N3O10.C39H29N7O.C7H8O3S.C6H15N/c1-5-9-13-21-38(59)32-67-55(68-33-39(60)22-14-10-6-2)57-44-24-18-20-37-28-30-41(51(58-55)48(37)44)50-52(63)49(53(50)64)40-29-27-36-19-17-23-43-47(36)42(40)31-54(56-43,34-65-45(61)25-15-11-7-3)35-66-46(62)26-16-12-8-4;1-44-35(27-42)37(29-11-5-3-6-12-29)33(25-40)17-9-15-31-19-20-32(39(31)46-21-23-47-24-22-46)16-10-18-34(26-41)38(36(28-43)45-2)30-13-7-4-8-14-30;1-6-2-4-7(5-3-6)11(8,9)10;1-4-7(5-2)6-3/h17-20,23-24,27-31,56-58,63H,5-16,21-22,25-26,32-35H2,1-4H3;3-18,35H,19-24H2;2-5H,1H3,(H,8,9,10);4-6H2,1-3H3/b;16-10+,17-9+,31-15?,34-18+,37-33+,38-36+;;. The molecule has 0 aromatic heterocycles. The molecule has 3 aliphatic heterocycles. The minimum atomic E-state index is -4.02. The van der Waals surface area contributed by atoms with E-state index >= 15 is 0 Å². The van der Waals surface area contributed by atoms with Gasteiger partial charge in [0, 0.05) is 77.8 Å². The zero-order chi connectivity index (χ0) is 95.9. The molecule has 7 aromatic rings. The van der Waals surface area contributed by atoms with Crippen LogP contribution in [0.3, 0.4) is 0 Å². The van der Waals surface area contributed by atoms with Crippen LogP contribution in [0.5, 0.6) is 0 Å². The van der Waals surface area contributed by atoms with Crippen LogP contribution in [0.15, 0.2) is 226 Å². The van der Waals surface area contributed by atoms with Gasteiger partial charge < -0.3 is 54.5 Å². The number of anilines is 3. The maximum atomic E-state index is 14.9. The molecule has 25 nitrogen and oxygen atoms in total. The molecular weight excluding hydrogens is 1700 g/mol. The summed E-state index contributed by atoms with van der Waals surface area (Å²) in [6.45, 7) is 36.9. The number of unbranched alkanes of at least 4 members (excludes halogenated alkanes) is 8. The van der Waals surface area contributed by atoms with Crippen LogP contribution in [0.25, 0.3) is 59.6 Å². The molecule has 1 atom stereocenters. The fourth-order valence-corrected chi connectivity index (χ4v) is 16.6. The van der Waals surface area contributed by atoms with Crippen molar-refractivity contribution in [1.29, 1.82) is 21.0 Å². The van der Waals surface area contributed by atoms with Crippen LogP contribution in [-0.4, -0.2) is 147 Å². The van der Waals surface area contributed by atoms with Crippen LogP contribution in [0.4, 0.5) is 17.1 Å². The average Bonchev–Trinajstić information content (AvgIpc) is 1.11. The first-order valence-corrected chi connectivity index (χ1v) is 47.2. The predicted octanol–water partition coefficient (Wildman–Crippen LogP) is 19.8. The van der Waals surface area contributed by atoms with Crippen molar-refractivity contribution in [3.05, 3.63) is 277 Å². The van der Waals surface area contributed by atoms with E-state index in [1.165, 1.54) is 31.8 Å². The minimum absolute atomic E-state index is 0.0593. The van der Waals surface area contributed by atoms with Gasteiger partial charge in [0.25, 0.3) is 15.8 Å². The minimum Gasteiger partial charge on any atom is -0.506 e. The molecule has 0 saturated carbocycles. The number of aryl methyl sites for hydroxylation is 1. The van der Waals surface area contributed by atoms with E-state index in [1.54, 1.807) is 85.0 Å². The normalized spacial score (nSPS) is 15.9. The monoisotopic (exact) mass is 1810 g/mol. The van der Waals surface area contributed by atoms with Gasteiger partial charge in [0.15, 0.2) is 17.6 Å². The zero-order valence-electron chi connectivity index (χ0n) is 77.3. The quantitative estimate of drug-likeness (QED) is 0.00453. The van der Waals surface area contributed by atoms with Crippen molar-refractivity contribution in [1.82, 2.24) is 9.80 Å². The van der Waals surface area contributed by atoms with E-state index in [0.29, 0.717) is 113 Å². The van der Waals surface area contributed by atoms with E-state index in [4.69, 9.17) is 41.4 Å². The Kier molecular flexibility index (Phi) is 40.2. The van der Waals surface area contributed by atoms with Crippen LogP contribution in [0.2, 0.25) is 0 Å². The summed E-state index contributed by atoms with van der Waals surface area (Å²) >= 11 is 0. The lowest BCUT2D eigenvalue weighted by Gasteiger charge is -2.40. The summed E-state index contributed by atoms with van der Waals surface area (Å²) in [6.07, 6.45) is 25.5. The molecule has 5 aliphatic rings. The van der Waals surface area contributed by atoms with E-state index in [2.05, 4.69) is 96.0 Å². The van der Waals surface area contributed by atoms with E-state index < -0.39 is 33.5 Å². The molecule has 692 valence electrons. The molecule has 3 heterocycles. The highest BCUT2D eigenvalue weighted by Crippen LogP contribution is 2.48. The molecule has 133 heavy (non-hydrogen) atoms. The van der Waals surface area contributed by atoms with Crippen molar-refractivity contribution >= 4 is 106 Å². The van der Waals surface area contributed by atoms with Crippen LogP contribution in [-0.2, 0) is 57.8 Å². The zero-order valence-corrected chi connectivity index (χ0v) is 78.1. The highest BCUT2D eigenvalue weighted by atomic mass is 32.2. The molecular formula is C107H119N11O14S. The van der Waals surface area contributed by atoms with Crippen molar-refractivity contribution in [2.24, 2.45) is 0 Å². The number of morpholine rings is 1. The van der Waals surface area contributed by atoms with Gasteiger partial charge in [-0.1, -0.05) is 251 Å². The molecule has 12 rings (SSSR count). The SMILES string of the molecule is CCCCCC(=O)COC1(OCC(=O)CCCCC)Nc2cccc3ccc(C4=C(O)C(=c5ccc6cccc7c6c5=CC(COC(=O)CCCCC)(COC(=O)CCCCC)N7)C4=O)c(c23)N1.CCN(CC)CC.Cc1ccc(S(=O)(=O)O)cc1.[C-]#[N+]/C(C#N)=C(/C(C#N)=C/C=C/C1=C(N2CCOCC2)C(=C/C=C/C(C#N)=C(/c2ccccc2)C(C#N)[N+]#[C-])CC1)c1ccccc1. The Bertz CT molecular complexity index is 6050. The van der Waals surface area contributed by atoms with Crippen LogP contribution >= 0.6 is 0 Å². The largest absolute Gasteiger partial charge is 0.506 e. The van der Waals surface area contributed by atoms with Crippen LogP contribution < -0.4 is 26.4 Å². The third-order valence-electron chi connectivity index (χ3n) is 23.2. The number of aliphatic hydroxyl groups excluding tert-OH is 1. The number of nitrogens with zero attached hydrogens (tertiary/aromatic N) is 8. The molecule has 1 saturated heterocycles. The molecule has 0 spiro atoms.